The first-order valence-corrected chi connectivity index (χ1v) is 27.6. The summed E-state index contributed by atoms with van der Waals surface area (Å²) in [6, 6.07) is 118. The smallest absolute Gasteiger partial charge is 0.0731 e. The Morgan fingerprint density at radius 2 is 0.537 bits per heavy atom. The summed E-state index contributed by atoms with van der Waals surface area (Å²) in [7, 11) is 0. The van der Waals surface area contributed by atoms with Crippen molar-refractivity contribution < 1.29 is 0 Å². The first-order valence-electron chi connectivity index (χ1n) is 27.6. The summed E-state index contributed by atoms with van der Waals surface area (Å²) in [5.41, 5.74) is 23.9. The Balaban J connectivity index is 1.06. The summed E-state index contributed by atoms with van der Waals surface area (Å²) < 4.78 is 0. The highest BCUT2D eigenvalue weighted by atomic mass is 15.2. The van der Waals surface area contributed by atoms with Gasteiger partial charge in [-0.25, -0.2) is 0 Å². The molecule has 0 heterocycles. The molecule has 2 aliphatic rings. The molecule has 0 saturated heterocycles. The number of nitrogens with zero attached hydrogens (tertiary/aromatic N) is 3. The molecular formula is C77H53N3. The van der Waals surface area contributed by atoms with Crippen LogP contribution >= 0.6 is 0 Å². The lowest BCUT2D eigenvalue weighted by Crippen LogP contribution is -2.26. The molecule has 15 rings (SSSR count). The van der Waals surface area contributed by atoms with Crippen LogP contribution in [-0.2, 0) is 5.41 Å². The van der Waals surface area contributed by atoms with Crippen LogP contribution in [0, 0.1) is 0 Å². The zero-order chi connectivity index (χ0) is 53.0. The molecule has 0 atom stereocenters. The lowest BCUT2D eigenvalue weighted by molar-refractivity contribution is 0.801. The molecule has 0 fully saturated rings. The molecule has 376 valence electrons. The fraction of sp³-hybridized carbons (Fsp3) is 0.0130. The van der Waals surface area contributed by atoms with E-state index in [1.165, 1.54) is 55.5 Å². The van der Waals surface area contributed by atoms with Crippen LogP contribution < -0.4 is 14.7 Å². The third-order valence-corrected chi connectivity index (χ3v) is 16.4. The molecule has 0 aromatic heterocycles. The molecule has 0 N–H and O–H groups in total. The monoisotopic (exact) mass is 1020 g/mol. The Morgan fingerprint density at radius 3 is 1.04 bits per heavy atom. The lowest BCUT2D eigenvalue weighted by atomic mass is 9.69. The van der Waals surface area contributed by atoms with Gasteiger partial charge in [0.1, 0.15) is 0 Å². The Morgan fingerprint density at radius 1 is 0.200 bits per heavy atom. The largest absolute Gasteiger partial charge is 0.310 e. The van der Waals surface area contributed by atoms with E-state index in [1.54, 1.807) is 0 Å². The van der Waals surface area contributed by atoms with Crippen LogP contribution in [0.1, 0.15) is 22.3 Å². The van der Waals surface area contributed by atoms with E-state index in [9.17, 15) is 0 Å². The van der Waals surface area contributed by atoms with E-state index < -0.39 is 5.41 Å². The summed E-state index contributed by atoms with van der Waals surface area (Å²) >= 11 is 0. The summed E-state index contributed by atoms with van der Waals surface area (Å²) in [5.74, 6) is 0. The summed E-state index contributed by atoms with van der Waals surface area (Å²) in [6.45, 7) is 0. The van der Waals surface area contributed by atoms with E-state index >= 15 is 0 Å². The maximum atomic E-state index is 2.54. The summed E-state index contributed by atoms with van der Waals surface area (Å²) in [4.78, 5) is 7.30. The molecular weight excluding hydrogens is 967 g/mol. The van der Waals surface area contributed by atoms with Crippen LogP contribution in [-0.4, -0.2) is 0 Å². The van der Waals surface area contributed by atoms with E-state index in [4.69, 9.17) is 0 Å². The Labute approximate surface area is 467 Å². The third kappa shape index (κ3) is 7.58. The second-order valence-electron chi connectivity index (χ2n) is 20.8. The van der Waals surface area contributed by atoms with Crippen molar-refractivity contribution in [1.29, 1.82) is 0 Å². The molecule has 13 aromatic carbocycles. The molecule has 2 aliphatic carbocycles. The average molecular weight is 1020 g/mol. The first kappa shape index (κ1) is 46.8. The van der Waals surface area contributed by atoms with Gasteiger partial charge in [0.15, 0.2) is 0 Å². The molecule has 0 saturated carbocycles. The number of para-hydroxylation sites is 4. The zero-order valence-electron chi connectivity index (χ0n) is 43.9. The maximum absolute atomic E-state index is 2.54. The molecule has 3 heteroatoms. The van der Waals surface area contributed by atoms with Crippen molar-refractivity contribution >= 4 is 62.0 Å². The Hall–Kier alpha value is -10.5. The van der Waals surface area contributed by atoms with Crippen LogP contribution in [0.4, 0.5) is 51.2 Å². The SMILES string of the molecule is c1ccc(-c2ccccc2-c2cc(N(c3ccccc3)c3ccccc3)cc(N(c3cccc(N(c4ccccc4)c4ccccc4)c3)c3cc4c(c5ccccc35)C3(c5ccccc5-c5ccccc53)c3ccccc3-4)c2)cc1. The molecule has 3 nitrogen and oxygen atoms in total. The molecule has 1 spiro atoms. The second-order valence-corrected chi connectivity index (χ2v) is 20.8. The Kier molecular flexibility index (Phi) is 11.4. The number of benzene rings is 13. The minimum absolute atomic E-state index is 0.534. The maximum Gasteiger partial charge on any atom is 0.0731 e. The molecule has 13 aromatic rings. The second kappa shape index (κ2) is 19.5. The highest BCUT2D eigenvalue weighted by Gasteiger charge is 2.52. The molecule has 0 unspecified atom stereocenters. The van der Waals surface area contributed by atoms with Crippen molar-refractivity contribution in [2.75, 3.05) is 14.7 Å². The number of hydrogen-bond donors (Lipinski definition) is 0. The van der Waals surface area contributed by atoms with Gasteiger partial charge in [0, 0.05) is 50.9 Å². The van der Waals surface area contributed by atoms with Crippen LogP contribution in [0.2, 0.25) is 0 Å². The number of rotatable bonds is 11. The zero-order valence-corrected chi connectivity index (χ0v) is 43.9. The number of anilines is 9. The third-order valence-electron chi connectivity index (χ3n) is 16.4. The van der Waals surface area contributed by atoms with Gasteiger partial charge in [-0.3, -0.25) is 0 Å². The Bertz CT molecular complexity index is 4300. The normalized spacial score (nSPS) is 12.3. The molecule has 0 bridgehead atoms. The number of hydrogen-bond acceptors (Lipinski definition) is 3. The van der Waals surface area contributed by atoms with Crippen molar-refractivity contribution in [3.63, 3.8) is 0 Å². The molecule has 0 aliphatic heterocycles. The number of fused-ring (bicyclic) bond motifs is 12. The molecule has 0 radical (unpaired) electrons. The van der Waals surface area contributed by atoms with Gasteiger partial charge in [-0.15, -0.1) is 0 Å². The standard InChI is InChI=1S/C77H53N3/c1-6-27-54(28-7-1)64-39-16-17-40-65(64)55-49-62(79(58-33-12-4-13-34-58)59-35-14-5-15-36-59)52-63(50-55)80(61-38-26-37-60(51-61)78(56-29-8-2-9-30-56)57-31-10-3-11-32-57)75-53-71-68-43-22-25-48-74(68)77(76(71)70-45-19-18-44-69(70)75)72-46-23-20-41-66(72)67-42-21-24-47-73(67)77/h1-53H. The fourth-order valence-corrected chi connectivity index (χ4v) is 13.1. The van der Waals surface area contributed by atoms with Crippen molar-refractivity contribution in [3.05, 3.63) is 344 Å². The summed E-state index contributed by atoms with van der Waals surface area (Å²) in [5, 5.41) is 2.38. The van der Waals surface area contributed by atoms with Crippen LogP contribution in [0.15, 0.2) is 322 Å². The van der Waals surface area contributed by atoms with Gasteiger partial charge in [0.25, 0.3) is 0 Å². The first-order chi connectivity index (χ1) is 39.7. The fourth-order valence-electron chi connectivity index (χ4n) is 13.1. The van der Waals surface area contributed by atoms with Gasteiger partial charge in [-0.05, 0) is 163 Å². The van der Waals surface area contributed by atoms with E-state index in [0.717, 1.165) is 73.3 Å². The minimum atomic E-state index is -0.534. The van der Waals surface area contributed by atoms with Crippen molar-refractivity contribution in [1.82, 2.24) is 0 Å². The summed E-state index contributed by atoms with van der Waals surface area (Å²) in [6.07, 6.45) is 0. The quantitative estimate of drug-likeness (QED) is 0.128. The van der Waals surface area contributed by atoms with Gasteiger partial charge >= 0.3 is 0 Å². The van der Waals surface area contributed by atoms with E-state index in [2.05, 4.69) is 336 Å². The van der Waals surface area contributed by atoms with Gasteiger partial charge < -0.3 is 14.7 Å². The van der Waals surface area contributed by atoms with Crippen LogP contribution in [0.5, 0.6) is 0 Å². The topological polar surface area (TPSA) is 9.72 Å². The van der Waals surface area contributed by atoms with Crippen LogP contribution in [0.3, 0.4) is 0 Å². The van der Waals surface area contributed by atoms with E-state index in [-0.39, 0.29) is 0 Å². The van der Waals surface area contributed by atoms with Gasteiger partial charge in [-0.2, -0.15) is 0 Å². The molecule has 80 heavy (non-hydrogen) atoms. The van der Waals surface area contributed by atoms with Gasteiger partial charge in [0.2, 0.25) is 0 Å². The predicted octanol–water partition coefficient (Wildman–Crippen LogP) is 20.9. The van der Waals surface area contributed by atoms with Gasteiger partial charge in [-0.1, -0.05) is 231 Å². The molecule has 0 amide bonds. The van der Waals surface area contributed by atoms with E-state index in [1.807, 2.05) is 0 Å². The van der Waals surface area contributed by atoms with Crippen molar-refractivity contribution in [3.8, 4) is 44.5 Å². The van der Waals surface area contributed by atoms with E-state index in [0.29, 0.717) is 0 Å². The average Bonchev–Trinajstić information content (AvgIpc) is 4.18. The lowest BCUT2D eigenvalue weighted by Gasteiger charge is -2.34. The van der Waals surface area contributed by atoms with Crippen LogP contribution in [0.25, 0.3) is 55.3 Å². The van der Waals surface area contributed by atoms with Crippen molar-refractivity contribution in [2.45, 2.75) is 5.41 Å². The minimum Gasteiger partial charge on any atom is -0.310 e. The van der Waals surface area contributed by atoms with Crippen molar-refractivity contribution in [2.24, 2.45) is 0 Å². The highest BCUT2D eigenvalue weighted by molar-refractivity contribution is 6.11. The van der Waals surface area contributed by atoms with Gasteiger partial charge in [0.05, 0.1) is 11.1 Å². The predicted molar refractivity (Wildman–Crippen MR) is 335 cm³/mol. The highest BCUT2D eigenvalue weighted by Crippen LogP contribution is 2.65.